The highest BCUT2D eigenvalue weighted by atomic mass is 16.3. The number of hydrogen-bond donors (Lipinski definition) is 0. The van der Waals surface area contributed by atoms with E-state index in [2.05, 4.69) is 315 Å². The molecule has 2 aliphatic heterocycles. The van der Waals surface area contributed by atoms with Crippen LogP contribution in [0.4, 0.5) is 51.2 Å². The molecule has 0 N–H and O–H groups in total. The SMILES string of the molecule is CC(C)(C)c1ccc(N(c2ccc(C(C)(C)C)cc2)c2ccc3c(c2)N(c2cccc4c2oc2ccccc24)c2cc(N(c4ccc(C(C)(C)C)cc4)c4ccc(C(C)(C)C)cc4)cc4c2B3c2cccc3c5c6ccccc6oc5n-4c23)cc1. The zero-order chi connectivity index (χ0) is 58.6. The number of fused-ring (bicyclic) bond motifs is 12. The summed E-state index contributed by atoms with van der Waals surface area (Å²) in [4.78, 5) is 7.42. The van der Waals surface area contributed by atoms with Crippen LogP contribution in [0.5, 0.6) is 0 Å². The first-order chi connectivity index (χ1) is 40.7. The summed E-state index contributed by atoms with van der Waals surface area (Å²) < 4.78 is 16.8. The van der Waals surface area contributed by atoms with Gasteiger partial charge in [-0.05, 0) is 151 Å². The molecule has 6 nitrogen and oxygen atoms in total. The Hall–Kier alpha value is -9.20. The summed E-state index contributed by atoms with van der Waals surface area (Å²) in [5.74, 6) is 0. The lowest BCUT2D eigenvalue weighted by Crippen LogP contribution is -2.60. The van der Waals surface area contributed by atoms with E-state index in [4.69, 9.17) is 8.83 Å². The summed E-state index contributed by atoms with van der Waals surface area (Å²) in [5, 5.41) is 5.57. The van der Waals surface area contributed by atoms with Crippen LogP contribution in [0.25, 0.3) is 60.6 Å². The largest absolute Gasteiger partial charge is 0.454 e. The Morgan fingerprint density at radius 3 is 1.32 bits per heavy atom. The molecule has 0 saturated carbocycles. The van der Waals surface area contributed by atoms with Crippen molar-refractivity contribution in [2.45, 2.75) is 105 Å². The lowest BCUT2D eigenvalue weighted by molar-refractivity contribution is 0.590. The van der Waals surface area contributed by atoms with Crippen LogP contribution in [-0.4, -0.2) is 11.3 Å². The van der Waals surface area contributed by atoms with Gasteiger partial charge in [0.15, 0.2) is 5.58 Å². The van der Waals surface area contributed by atoms with Gasteiger partial charge in [0.05, 0.1) is 22.3 Å². The summed E-state index contributed by atoms with van der Waals surface area (Å²) in [7, 11) is 0. The molecular weight excluding hydrogens is 1040 g/mol. The molecule has 3 aromatic heterocycles. The molecule has 0 aliphatic carbocycles. The van der Waals surface area contributed by atoms with Gasteiger partial charge in [-0.2, -0.15) is 0 Å². The molecule has 15 rings (SSSR count). The van der Waals surface area contributed by atoms with Crippen molar-refractivity contribution < 1.29 is 8.83 Å². The topological polar surface area (TPSA) is 40.9 Å². The van der Waals surface area contributed by atoms with Crippen molar-refractivity contribution in [2.75, 3.05) is 14.7 Å². The van der Waals surface area contributed by atoms with Crippen LogP contribution < -0.4 is 31.1 Å². The Labute approximate surface area is 499 Å². The number of aromatic nitrogens is 1. The minimum Gasteiger partial charge on any atom is -0.454 e. The first kappa shape index (κ1) is 52.6. The molecule has 10 aromatic carbocycles. The van der Waals surface area contributed by atoms with E-state index in [1.165, 1.54) is 49.5 Å². The van der Waals surface area contributed by atoms with E-state index >= 15 is 0 Å². The Morgan fingerprint density at radius 1 is 0.341 bits per heavy atom. The summed E-state index contributed by atoms with van der Waals surface area (Å²) in [5.41, 5.74) is 23.8. The highest BCUT2D eigenvalue weighted by molar-refractivity contribution is 7.00. The van der Waals surface area contributed by atoms with Gasteiger partial charge in [-0.3, -0.25) is 4.57 Å². The molecule has 0 radical (unpaired) electrons. The lowest BCUT2D eigenvalue weighted by atomic mass is 9.33. The van der Waals surface area contributed by atoms with E-state index in [1.54, 1.807) is 0 Å². The Morgan fingerprint density at radius 2 is 0.776 bits per heavy atom. The highest BCUT2D eigenvalue weighted by Crippen LogP contribution is 2.51. The van der Waals surface area contributed by atoms with Crippen LogP contribution in [0.15, 0.2) is 221 Å². The van der Waals surface area contributed by atoms with Crippen LogP contribution in [0, 0.1) is 0 Å². The molecule has 13 aromatic rings. The van der Waals surface area contributed by atoms with E-state index in [-0.39, 0.29) is 28.4 Å². The molecule has 0 saturated heterocycles. The molecule has 85 heavy (non-hydrogen) atoms. The minimum atomic E-state index is -0.160. The average Bonchev–Trinajstić information content (AvgIpc) is 2.37. The summed E-state index contributed by atoms with van der Waals surface area (Å²) in [6, 6.07) is 79.5. The Bertz CT molecular complexity index is 4690. The summed E-state index contributed by atoms with van der Waals surface area (Å²) in [6.45, 7) is 27.3. The second-order valence-electron chi connectivity index (χ2n) is 27.9. The van der Waals surface area contributed by atoms with Gasteiger partial charge >= 0.3 is 0 Å². The maximum atomic E-state index is 7.16. The van der Waals surface area contributed by atoms with Gasteiger partial charge in [0, 0.05) is 67.0 Å². The zero-order valence-corrected chi connectivity index (χ0v) is 50.9. The van der Waals surface area contributed by atoms with Gasteiger partial charge in [0.25, 0.3) is 6.71 Å². The molecule has 0 spiro atoms. The van der Waals surface area contributed by atoms with Crippen molar-refractivity contribution in [2.24, 2.45) is 0 Å². The van der Waals surface area contributed by atoms with Gasteiger partial charge in [-0.1, -0.05) is 204 Å². The van der Waals surface area contributed by atoms with Crippen molar-refractivity contribution in [3.05, 3.63) is 235 Å². The second-order valence-corrected chi connectivity index (χ2v) is 27.9. The average molecular weight is 1110 g/mol. The van der Waals surface area contributed by atoms with Crippen molar-refractivity contribution in [3.63, 3.8) is 0 Å². The van der Waals surface area contributed by atoms with Crippen LogP contribution in [-0.2, 0) is 21.7 Å². The lowest BCUT2D eigenvalue weighted by Gasteiger charge is -2.41. The number of hydrogen-bond acceptors (Lipinski definition) is 5. The smallest absolute Gasteiger partial charge is 0.252 e. The predicted molar refractivity (Wildman–Crippen MR) is 361 cm³/mol. The molecule has 418 valence electrons. The van der Waals surface area contributed by atoms with Gasteiger partial charge < -0.3 is 23.5 Å². The first-order valence-corrected chi connectivity index (χ1v) is 30.2. The van der Waals surface area contributed by atoms with Crippen LogP contribution in [0.1, 0.15) is 105 Å². The third-order valence-electron chi connectivity index (χ3n) is 18.2. The molecule has 0 fully saturated rings. The zero-order valence-electron chi connectivity index (χ0n) is 50.9. The fourth-order valence-electron chi connectivity index (χ4n) is 13.7. The quantitative estimate of drug-likeness (QED) is 0.149. The highest BCUT2D eigenvalue weighted by Gasteiger charge is 2.44. The number of rotatable bonds is 7. The standard InChI is InChI=1S/C78H71BN4O2/c1-75(2,3)48-27-35-52(36-28-48)80(53-37-29-49(30-38-53)76(4,5)6)56-43-44-62-65(45-56)82(64-24-18-21-59-58-19-13-15-25-68(58)84-73(59)64)66-46-57(81(54-39-31-50(32-40-54)77(7,8)9)55-41-33-51(34-42-55)78(10,11)12)47-67-71(66)79(62)63-23-17-22-61-70-60-20-14-16-26-69(60)85-74(70)83(67)72(61)63/h13-47H,1-12H3. The molecular formula is C78H71BN4O2. The van der Waals surface area contributed by atoms with Crippen molar-refractivity contribution >= 4 is 129 Å². The fraction of sp³-hybridized carbons (Fsp3) is 0.205. The third kappa shape index (κ3) is 8.36. The third-order valence-corrected chi connectivity index (χ3v) is 18.2. The predicted octanol–water partition coefficient (Wildman–Crippen LogP) is 20.2. The number of nitrogens with zero attached hydrogens (tertiary/aromatic N) is 4. The van der Waals surface area contributed by atoms with E-state index in [0.29, 0.717) is 0 Å². The normalized spacial score (nSPS) is 13.4. The van der Waals surface area contributed by atoms with E-state index in [0.717, 1.165) is 101 Å². The Balaban J connectivity index is 1.07. The van der Waals surface area contributed by atoms with Crippen LogP contribution in [0.2, 0.25) is 0 Å². The van der Waals surface area contributed by atoms with Crippen molar-refractivity contribution in [1.29, 1.82) is 0 Å². The van der Waals surface area contributed by atoms with Gasteiger partial charge in [-0.25, -0.2) is 0 Å². The number of anilines is 9. The minimum absolute atomic E-state index is 0.00743. The van der Waals surface area contributed by atoms with Crippen LogP contribution in [0.3, 0.4) is 0 Å². The number of benzene rings is 10. The maximum Gasteiger partial charge on any atom is 0.252 e. The van der Waals surface area contributed by atoms with Gasteiger partial charge in [0.1, 0.15) is 11.2 Å². The molecule has 5 heterocycles. The molecule has 0 unspecified atom stereocenters. The van der Waals surface area contributed by atoms with Crippen molar-refractivity contribution in [1.82, 2.24) is 4.57 Å². The van der Waals surface area contributed by atoms with Crippen LogP contribution >= 0.6 is 0 Å². The number of para-hydroxylation sites is 4. The summed E-state index contributed by atoms with van der Waals surface area (Å²) in [6.07, 6.45) is 0. The molecule has 0 atom stereocenters. The van der Waals surface area contributed by atoms with Gasteiger partial charge in [-0.15, -0.1) is 0 Å². The van der Waals surface area contributed by atoms with Crippen molar-refractivity contribution in [3.8, 4) is 5.69 Å². The Kier molecular flexibility index (Phi) is 11.5. The number of furan rings is 2. The van der Waals surface area contributed by atoms with E-state index in [1.807, 2.05) is 0 Å². The molecule has 0 bridgehead atoms. The van der Waals surface area contributed by atoms with Gasteiger partial charge in [0.2, 0.25) is 5.71 Å². The molecule has 2 aliphatic rings. The second kappa shape index (κ2) is 18.7. The van der Waals surface area contributed by atoms with E-state index < -0.39 is 0 Å². The van der Waals surface area contributed by atoms with E-state index in [9.17, 15) is 0 Å². The summed E-state index contributed by atoms with van der Waals surface area (Å²) >= 11 is 0. The molecule has 7 heteroatoms. The first-order valence-electron chi connectivity index (χ1n) is 30.2. The fourth-order valence-corrected chi connectivity index (χ4v) is 13.7. The monoisotopic (exact) mass is 1110 g/mol. The maximum absolute atomic E-state index is 7.16. The molecule has 0 amide bonds.